The molecule has 0 atom stereocenters. The van der Waals surface area contributed by atoms with Gasteiger partial charge in [0.15, 0.2) is 11.5 Å². The number of ether oxygens (including phenoxy) is 2. The summed E-state index contributed by atoms with van der Waals surface area (Å²) < 4.78 is 10.9. The minimum absolute atomic E-state index is 0.154. The zero-order chi connectivity index (χ0) is 22.0. The minimum atomic E-state index is -0.154. The third-order valence-corrected chi connectivity index (χ3v) is 6.26. The number of hydrogen-bond acceptors (Lipinski definition) is 5. The molecule has 5 nitrogen and oxygen atoms in total. The maximum Gasteiger partial charge on any atom is 0.252 e. The van der Waals surface area contributed by atoms with Gasteiger partial charge < -0.3 is 14.8 Å². The fourth-order valence-electron chi connectivity index (χ4n) is 3.59. The molecule has 1 N–H and O–H groups in total. The highest BCUT2D eigenvalue weighted by atomic mass is 32.1. The molecular formula is C25H24N2O3S. The molecule has 2 heterocycles. The van der Waals surface area contributed by atoms with Gasteiger partial charge >= 0.3 is 0 Å². The normalized spacial score (nSPS) is 10.8. The molecule has 0 aliphatic heterocycles. The number of rotatable bonds is 6. The molecule has 0 unspecified atom stereocenters. The number of fused-ring (bicyclic) bond motifs is 1. The van der Waals surface area contributed by atoms with Crippen molar-refractivity contribution in [3.63, 3.8) is 0 Å². The van der Waals surface area contributed by atoms with Crippen LogP contribution in [-0.2, 0) is 6.54 Å². The Kier molecular flexibility index (Phi) is 5.91. The summed E-state index contributed by atoms with van der Waals surface area (Å²) in [6.07, 6.45) is 0. The average molecular weight is 433 g/mol. The van der Waals surface area contributed by atoms with E-state index in [2.05, 4.69) is 12.2 Å². The topological polar surface area (TPSA) is 60.5 Å². The van der Waals surface area contributed by atoms with E-state index in [1.54, 1.807) is 25.6 Å². The van der Waals surface area contributed by atoms with Crippen molar-refractivity contribution in [2.75, 3.05) is 14.2 Å². The number of carbonyl (C=O) groups excluding carboxylic acids is 1. The fraction of sp³-hybridized carbons (Fsp3) is 0.200. The summed E-state index contributed by atoms with van der Waals surface area (Å²) in [6, 6.07) is 15.6. The van der Waals surface area contributed by atoms with Crippen LogP contribution in [0.2, 0.25) is 0 Å². The number of para-hydroxylation sites is 1. The molecule has 0 fully saturated rings. The van der Waals surface area contributed by atoms with E-state index in [1.807, 2.05) is 60.8 Å². The Hall–Kier alpha value is -3.38. The van der Waals surface area contributed by atoms with E-state index in [4.69, 9.17) is 14.5 Å². The number of benzene rings is 2. The molecule has 4 aromatic rings. The van der Waals surface area contributed by atoms with Gasteiger partial charge in [0.05, 0.1) is 35.9 Å². The second kappa shape index (κ2) is 8.78. The fourth-order valence-corrected chi connectivity index (χ4v) is 4.27. The van der Waals surface area contributed by atoms with Crippen molar-refractivity contribution in [2.45, 2.75) is 20.4 Å². The molecule has 6 heteroatoms. The van der Waals surface area contributed by atoms with Gasteiger partial charge in [-0.1, -0.05) is 18.2 Å². The lowest BCUT2D eigenvalue weighted by atomic mass is 10.0. The van der Waals surface area contributed by atoms with Gasteiger partial charge in [0.25, 0.3) is 5.91 Å². The zero-order valence-corrected chi connectivity index (χ0v) is 18.8. The van der Waals surface area contributed by atoms with Crippen molar-refractivity contribution in [2.24, 2.45) is 0 Å². The number of amides is 1. The van der Waals surface area contributed by atoms with Gasteiger partial charge in [0, 0.05) is 17.5 Å². The Labute approximate surface area is 185 Å². The monoisotopic (exact) mass is 432 g/mol. The van der Waals surface area contributed by atoms with E-state index in [-0.39, 0.29) is 5.91 Å². The number of aromatic nitrogens is 1. The van der Waals surface area contributed by atoms with E-state index < -0.39 is 0 Å². The van der Waals surface area contributed by atoms with Crippen LogP contribution in [0.1, 0.15) is 27.0 Å². The number of nitrogens with one attached hydrogen (secondary N) is 1. The van der Waals surface area contributed by atoms with Gasteiger partial charge in [-0.15, -0.1) is 11.3 Å². The van der Waals surface area contributed by atoms with Crippen LogP contribution in [0.3, 0.4) is 0 Å². The average Bonchev–Trinajstić information content (AvgIpc) is 3.32. The van der Waals surface area contributed by atoms with Crippen LogP contribution < -0.4 is 14.8 Å². The summed E-state index contributed by atoms with van der Waals surface area (Å²) in [4.78, 5) is 19.2. The highest BCUT2D eigenvalue weighted by Gasteiger charge is 2.17. The Balaban J connectivity index is 1.73. The molecule has 0 saturated heterocycles. The van der Waals surface area contributed by atoms with Crippen molar-refractivity contribution < 1.29 is 14.3 Å². The van der Waals surface area contributed by atoms with E-state index in [0.29, 0.717) is 23.6 Å². The van der Waals surface area contributed by atoms with Crippen molar-refractivity contribution in [1.82, 2.24) is 10.3 Å². The summed E-state index contributed by atoms with van der Waals surface area (Å²) >= 11 is 1.61. The quantitative estimate of drug-likeness (QED) is 0.435. The summed E-state index contributed by atoms with van der Waals surface area (Å²) in [7, 11) is 3.19. The second-order valence-electron chi connectivity index (χ2n) is 7.32. The van der Waals surface area contributed by atoms with Crippen molar-refractivity contribution in [3.05, 3.63) is 76.2 Å². The number of nitrogens with zero attached hydrogens (tertiary/aromatic N) is 1. The van der Waals surface area contributed by atoms with E-state index in [1.165, 1.54) is 0 Å². The molecule has 0 radical (unpaired) electrons. The van der Waals surface area contributed by atoms with Crippen LogP contribution in [0, 0.1) is 13.8 Å². The number of carbonyl (C=O) groups is 1. The largest absolute Gasteiger partial charge is 0.493 e. The van der Waals surface area contributed by atoms with Gasteiger partial charge in [0.2, 0.25) is 0 Å². The van der Waals surface area contributed by atoms with Gasteiger partial charge in [0.1, 0.15) is 0 Å². The van der Waals surface area contributed by atoms with Crippen LogP contribution in [0.15, 0.2) is 53.9 Å². The SMILES string of the molecule is COc1cccc(CNC(=O)c2cc(-c3cccs3)nc3cc(C)c(C)cc23)c1OC. The molecule has 0 aliphatic rings. The number of thiophene rings is 1. The first kappa shape index (κ1) is 20.9. The van der Waals surface area contributed by atoms with E-state index in [9.17, 15) is 4.79 Å². The highest BCUT2D eigenvalue weighted by Crippen LogP contribution is 2.32. The van der Waals surface area contributed by atoms with Crippen molar-refractivity contribution >= 4 is 28.1 Å². The van der Waals surface area contributed by atoms with Crippen LogP contribution in [0.5, 0.6) is 11.5 Å². The Morgan fingerprint density at radius 1 is 1.03 bits per heavy atom. The molecule has 4 rings (SSSR count). The van der Waals surface area contributed by atoms with Crippen LogP contribution in [0.25, 0.3) is 21.5 Å². The summed E-state index contributed by atoms with van der Waals surface area (Å²) in [6.45, 7) is 4.43. The molecule has 31 heavy (non-hydrogen) atoms. The maximum absolute atomic E-state index is 13.3. The number of hydrogen-bond donors (Lipinski definition) is 1. The number of pyridine rings is 1. The highest BCUT2D eigenvalue weighted by molar-refractivity contribution is 7.13. The van der Waals surface area contributed by atoms with Gasteiger partial charge in [-0.05, 0) is 60.7 Å². The molecular weight excluding hydrogens is 408 g/mol. The Bertz CT molecular complexity index is 1250. The summed E-state index contributed by atoms with van der Waals surface area (Å²) in [5.41, 5.74) is 5.35. The molecule has 0 aliphatic carbocycles. The minimum Gasteiger partial charge on any atom is -0.493 e. The molecule has 0 bridgehead atoms. The Morgan fingerprint density at radius 2 is 1.84 bits per heavy atom. The molecule has 158 valence electrons. The van der Waals surface area contributed by atoms with Gasteiger partial charge in [-0.3, -0.25) is 4.79 Å². The van der Waals surface area contributed by atoms with E-state index in [0.717, 1.165) is 38.2 Å². The van der Waals surface area contributed by atoms with Gasteiger partial charge in [-0.25, -0.2) is 4.98 Å². The second-order valence-corrected chi connectivity index (χ2v) is 8.27. The molecule has 0 spiro atoms. The lowest BCUT2D eigenvalue weighted by Gasteiger charge is -2.14. The first-order valence-electron chi connectivity index (χ1n) is 9.95. The van der Waals surface area contributed by atoms with Crippen LogP contribution in [0.4, 0.5) is 0 Å². The maximum atomic E-state index is 13.3. The summed E-state index contributed by atoms with van der Waals surface area (Å²) in [5.74, 6) is 1.10. The molecule has 1 amide bonds. The molecule has 2 aromatic carbocycles. The smallest absolute Gasteiger partial charge is 0.252 e. The number of methoxy groups -OCH3 is 2. The lowest BCUT2D eigenvalue weighted by Crippen LogP contribution is -2.23. The first-order chi connectivity index (χ1) is 15.0. The van der Waals surface area contributed by atoms with Crippen molar-refractivity contribution in [3.8, 4) is 22.1 Å². The molecule has 0 saturated carbocycles. The Morgan fingerprint density at radius 3 is 2.55 bits per heavy atom. The first-order valence-corrected chi connectivity index (χ1v) is 10.8. The zero-order valence-electron chi connectivity index (χ0n) is 18.0. The van der Waals surface area contributed by atoms with Crippen molar-refractivity contribution in [1.29, 1.82) is 0 Å². The standard InChI is InChI=1S/C25H24N2O3S/c1-15-11-18-19(13-21(23-9-6-10-31-23)27-20(18)12-16(15)2)25(28)26-14-17-7-5-8-22(29-3)24(17)30-4/h5-13H,14H2,1-4H3,(H,26,28). The third kappa shape index (κ3) is 4.11. The van der Waals surface area contributed by atoms with E-state index >= 15 is 0 Å². The van der Waals surface area contributed by atoms with Crippen LogP contribution in [-0.4, -0.2) is 25.1 Å². The number of aryl methyl sites for hydroxylation is 2. The third-order valence-electron chi connectivity index (χ3n) is 5.37. The summed E-state index contributed by atoms with van der Waals surface area (Å²) in [5, 5.41) is 5.90. The van der Waals surface area contributed by atoms with Crippen LogP contribution >= 0.6 is 11.3 Å². The molecule has 2 aromatic heterocycles. The van der Waals surface area contributed by atoms with Gasteiger partial charge in [-0.2, -0.15) is 0 Å². The lowest BCUT2D eigenvalue weighted by molar-refractivity contribution is 0.0952. The predicted octanol–water partition coefficient (Wildman–Crippen LogP) is 5.53. The predicted molar refractivity (Wildman–Crippen MR) is 125 cm³/mol.